The fraction of sp³-hybridized carbons (Fsp3) is 0.600. The molecule has 0 spiro atoms. The van der Waals surface area contributed by atoms with Crippen LogP contribution in [0.4, 0.5) is 0 Å². The van der Waals surface area contributed by atoms with E-state index in [0.29, 0.717) is 0 Å². The van der Waals surface area contributed by atoms with Gasteiger partial charge in [0.05, 0.1) is 6.61 Å². The van der Waals surface area contributed by atoms with Crippen molar-refractivity contribution in [2.24, 2.45) is 0 Å². The highest BCUT2D eigenvalue weighted by atomic mass is 16.5. The molecule has 1 aromatic rings. The first kappa shape index (κ1) is 14.0. The zero-order valence-corrected chi connectivity index (χ0v) is 10.8. The molecule has 2 nitrogen and oxygen atoms in total. The second kappa shape index (κ2) is 10.2. The van der Waals surface area contributed by atoms with Crippen LogP contribution >= 0.6 is 0 Å². The summed E-state index contributed by atoms with van der Waals surface area (Å²) < 4.78 is 11.0. The van der Waals surface area contributed by atoms with Crippen LogP contribution in [-0.4, -0.2) is 19.8 Å². The van der Waals surface area contributed by atoms with E-state index in [1.807, 2.05) is 24.3 Å². The summed E-state index contributed by atoms with van der Waals surface area (Å²) in [6.07, 6.45) is 5.76. The zero-order valence-electron chi connectivity index (χ0n) is 10.8. The monoisotopic (exact) mass is 235 g/mol. The highest BCUT2D eigenvalue weighted by Gasteiger charge is 1.93. The fourth-order valence-electron chi connectivity index (χ4n) is 1.48. The van der Waals surface area contributed by atoms with E-state index in [2.05, 4.69) is 13.0 Å². The lowest BCUT2D eigenvalue weighted by Gasteiger charge is -2.05. The van der Waals surface area contributed by atoms with E-state index < -0.39 is 0 Å². The second-order valence-corrected chi connectivity index (χ2v) is 4.10. The first-order valence-electron chi connectivity index (χ1n) is 6.60. The molecule has 1 radical (unpaired) electrons. The SMILES string of the molecule is CCCCOCCCCCOc1[c]cccc1. The summed E-state index contributed by atoms with van der Waals surface area (Å²) >= 11 is 0. The summed E-state index contributed by atoms with van der Waals surface area (Å²) in [4.78, 5) is 0. The first-order valence-corrected chi connectivity index (χ1v) is 6.60. The van der Waals surface area contributed by atoms with Gasteiger partial charge in [0.25, 0.3) is 0 Å². The molecule has 0 aliphatic heterocycles. The maximum Gasteiger partial charge on any atom is 0.127 e. The van der Waals surface area contributed by atoms with Crippen LogP contribution in [0.1, 0.15) is 39.0 Å². The van der Waals surface area contributed by atoms with Crippen molar-refractivity contribution < 1.29 is 9.47 Å². The van der Waals surface area contributed by atoms with Crippen LogP contribution in [0, 0.1) is 6.07 Å². The smallest absolute Gasteiger partial charge is 0.127 e. The van der Waals surface area contributed by atoms with E-state index in [4.69, 9.17) is 9.47 Å². The largest absolute Gasteiger partial charge is 0.493 e. The Morgan fingerprint density at radius 2 is 1.82 bits per heavy atom. The Morgan fingerprint density at radius 1 is 1.00 bits per heavy atom. The molecule has 0 saturated heterocycles. The number of hydrogen-bond acceptors (Lipinski definition) is 2. The molecule has 0 amide bonds. The molecule has 2 heteroatoms. The van der Waals surface area contributed by atoms with E-state index in [-0.39, 0.29) is 0 Å². The summed E-state index contributed by atoms with van der Waals surface area (Å²) in [5, 5.41) is 0. The molecule has 0 aromatic heterocycles. The van der Waals surface area contributed by atoms with Gasteiger partial charge < -0.3 is 9.47 Å². The minimum atomic E-state index is 0.773. The van der Waals surface area contributed by atoms with Crippen molar-refractivity contribution in [1.82, 2.24) is 0 Å². The van der Waals surface area contributed by atoms with Gasteiger partial charge in [-0.15, -0.1) is 0 Å². The zero-order chi connectivity index (χ0) is 12.2. The Balaban J connectivity index is 1.85. The van der Waals surface area contributed by atoms with Gasteiger partial charge in [-0.1, -0.05) is 31.5 Å². The molecule has 0 bridgehead atoms. The summed E-state index contributed by atoms with van der Waals surface area (Å²) in [6, 6.07) is 10.8. The normalized spacial score (nSPS) is 10.4. The highest BCUT2D eigenvalue weighted by molar-refractivity contribution is 5.19. The molecule has 0 saturated carbocycles. The van der Waals surface area contributed by atoms with Crippen LogP contribution in [0.5, 0.6) is 5.75 Å². The third kappa shape index (κ3) is 7.81. The maximum absolute atomic E-state index is 5.55. The Bertz CT molecular complexity index is 259. The van der Waals surface area contributed by atoms with E-state index in [1.165, 1.54) is 19.3 Å². The van der Waals surface area contributed by atoms with Gasteiger partial charge in [-0.2, -0.15) is 0 Å². The van der Waals surface area contributed by atoms with Crippen molar-refractivity contribution in [3.63, 3.8) is 0 Å². The predicted molar refractivity (Wildman–Crippen MR) is 70.4 cm³/mol. The minimum Gasteiger partial charge on any atom is -0.493 e. The molecule has 0 fully saturated rings. The van der Waals surface area contributed by atoms with E-state index in [0.717, 1.165) is 38.4 Å². The van der Waals surface area contributed by atoms with Gasteiger partial charge in [0.15, 0.2) is 0 Å². The van der Waals surface area contributed by atoms with Crippen molar-refractivity contribution in [3.05, 3.63) is 30.3 Å². The Kier molecular flexibility index (Phi) is 8.39. The standard InChI is InChI=1S/C15H23O2/c1-2-3-12-16-13-8-5-9-14-17-15-10-6-4-7-11-15/h4,6-7,10H,2-3,5,8-9,12-14H2,1H3. The topological polar surface area (TPSA) is 18.5 Å². The van der Waals surface area contributed by atoms with Crippen molar-refractivity contribution in [2.45, 2.75) is 39.0 Å². The summed E-state index contributed by atoms with van der Waals surface area (Å²) in [6.45, 7) is 4.75. The number of para-hydroxylation sites is 1. The minimum absolute atomic E-state index is 0.773. The summed E-state index contributed by atoms with van der Waals surface area (Å²) in [5.74, 6) is 0.840. The van der Waals surface area contributed by atoms with Crippen LogP contribution in [0.25, 0.3) is 0 Å². The molecule has 0 N–H and O–H groups in total. The lowest BCUT2D eigenvalue weighted by Crippen LogP contribution is -2.00. The Labute approximate surface area is 105 Å². The number of rotatable bonds is 10. The van der Waals surface area contributed by atoms with Gasteiger partial charge in [0.1, 0.15) is 5.75 Å². The van der Waals surface area contributed by atoms with Crippen LogP contribution in [-0.2, 0) is 4.74 Å². The first-order chi connectivity index (χ1) is 8.43. The van der Waals surface area contributed by atoms with Gasteiger partial charge in [0.2, 0.25) is 0 Å². The molecule has 0 unspecified atom stereocenters. The van der Waals surface area contributed by atoms with Crippen LogP contribution in [0.15, 0.2) is 24.3 Å². The van der Waals surface area contributed by atoms with Gasteiger partial charge in [-0.3, -0.25) is 0 Å². The molecule has 0 aliphatic rings. The lowest BCUT2D eigenvalue weighted by molar-refractivity contribution is 0.126. The second-order valence-electron chi connectivity index (χ2n) is 4.10. The van der Waals surface area contributed by atoms with Crippen LogP contribution in [0.3, 0.4) is 0 Å². The third-order valence-electron chi connectivity index (χ3n) is 2.51. The quantitative estimate of drug-likeness (QED) is 0.573. The predicted octanol–water partition coefficient (Wildman–Crippen LogP) is 3.85. The Hall–Kier alpha value is -1.02. The Morgan fingerprint density at radius 3 is 2.59 bits per heavy atom. The van der Waals surface area contributed by atoms with Crippen molar-refractivity contribution in [1.29, 1.82) is 0 Å². The number of hydrogen-bond donors (Lipinski definition) is 0. The highest BCUT2D eigenvalue weighted by Crippen LogP contribution is 2.08. The van der Waals surface area contributed by atoms with Crippen LogP contribution < -0.4 is 4.74 Å². The number of ether oxygens (including phenoxy) is 2. The molecule has 0 aliphatic carbocycles. The third-order valence-corrected chi connectivity index (χ3v) is 2.51. The van der Waals surface area contributed by atoms with E-state index in [9.17, 15) is 0 Å². The van der Waals surface area contributed by atoms with E-state index >= 15 is 0 Å². The maximum atomic E-state index is 5.55. The lowest BCUT2D eigenvalue weighted by atomic mass is 10.2. The average molecular weight is 235 g/mol. The van der Waals surface area contributed by atoms with Gasteiger partial charge >= 0.3 is 0 Å². The van der Waals surface area contributed by atoms with Crippen LogP contribution in [0.2, 0.25) is 0 Å². The fourth-order valence-corrected chi connectivity index (χ4v) is 1.48. The molecule has 1 rings (SSSR count). The molecular formula is C15H23O2. The van der Waals surface area contributed by atoms with Crippen molar-refractivity contribution in [2.75, 3.05) is 19.8 Å². The molecule has 0 heterocycles. The summed E-state index contributed by atoms with van der Waals surface area (Å²) in [5.41, 5.74) is 0. The molecular weight excluding hydrogens is 212 g/mol. The van der Waals surface area contributed by atoms with Crippen molar-refractivity contribution in [3.8, 4) is 5.75 Å². The molecule has 17 heavy (non-hydrogen) atoms. The van der Waals surface area contributed by atoms with E-state index in [1.54, 1.807) is 0 Å². The van der Waals surface area contributed by atoms with Gasteiger partial charge in [0, 0.05) is 19.3 Å². The molecule has 1 aromatic carbocycles. The molecule has 0 atom stereocenters. The number of unbranched alkanes of at least 4 members (excludes halogenated alkanes) is 3. The molecule has 95 valence electrons. The average Bonchev–Trinajstić information content (AvgIpc) is 2.38. The van der Waals surface area contributed by atoms with Gasteiger partial charge in [-0.25, -0.2) is 0 Å². The summed E-state index contributed by atoms with van der Waals surface area (Å²) in [7, 11) is 0. The number of benzene rings is 1. The van der Waals surface area contributed by atoms with Gasteiger partial charge in [-0.05, 0) is 31.7 Å². The van der Waals surface area contributed by atoms with Crippen molar-refractivity contribution >= 4 is 0 Å².